The molecule has 1 aliphatic heterocycles. The van der Waals surface area contributed by atoms with E-state index in [2.05, 4.69) is 25.9 Å². The number of aromatic amines is 1. The first-order valence-corrected chi connectivity index (χ1v) is 9.30. The third kappa shape index (κ3) is 4.01. The third-order valence-electron chi connectivity index (χ3n) is 4.51. The first-order chi connectivity index (χ1) is 14.4. The number of rotatable bonds is 4. The summed E-state index contributed by atoms with van der Waals surface area (Å²) in [5.41, 5.74) is 0.318. The van der Waals surface area contributed by atoms with Crippen molar-refractivity contribution >= 4 is 46.6 Å². The Hall–Kier alpha value is -3.72. The maximum absolute atomic E-state index is 13.1. The van der Waals surface area contributed by atoms with E-state index in [0.717, 1.165) is 0 Å². The molecule has 0 saturated heterocycles. The molecule has 4 N–H and O–H groups in total. The van der Waals surface area contributed by atoms with Gasteiger partial charge in [0.15, 0.2) is 0 Å². The monoisotopic (exact) mass is 427 g/mol. The van der Waals surface area contributed by atoms with Crippen LogP contribution in [-0.2, 0) is 9.59 Å². The van der Waals surface area contributed by atoms with Crippen molar-refractivity contribution in [1.82, 2.24) is 9.97 Å². The lowest BCUT2D eigenvalue weighted by Crippen LogP contribution is -2.36. The summed E-state index contributed by atoms with van der Waals surface area (Å²) in [6.07, 6.45) is -0.210. The second-order valence-electron chi connectivity index (χ2n) is 6.58. The summed E-state index contributed by atoms with van der Waals surface area (Å²) >= 11 is 6.07. The molecule has 4 rings (SSSR count). The number of halogens is 2. The number of hydrogen-bond donors (Lipinski definition) is 4. The Kier molecular flexibility index (Phi) is 5.20. The highest BCUT2D eigenvalue weighted by atomic mass is 35.5. The van der Waals surface area contributed by atoms with E-state index in [0.29, 0.717) is 16.4 Å². The summed E-state index contributed by atoms with van der Waals surface area (Å²) in [5, 5.41) is 8.32. The van der Waals surface area contributed by atoms with Crippen LogP contribution in [0.3, 0.4) is 0 Å². The summed E-state index contributed by atoms with van der Waals surface area (Å²) in [4.78, 5) is 44.4. The largest absolute Gasteiger partial charge is 0.326 e. The second-order valence-corrected chi connectivity index (χ2v) is 6.99. The number of para-hydroxylation sites is 1. The number of aromatic nitrogens is 2. The van der Waals surface area contributed by atoms with Gasteiger partial charge in [-0.2, -0.15) is 4.98 Å². The summed E-state index contributed by atoms with van der Waals surface area (Å²) in [6, 6.07) is 12.1. The number of hydrogen-bond acceptors (Lipinski definition) is 5. The van der Waals surface area contributed by atoms with Gasteiger partial charge in [0.05, 0.1) is 22.2 Å². The number of carbonyl (C=O) groups excluding carboxylic acids is 2. The van der Waals surface area contributed by atoms with Gasteiger partial charge in [-0.3, -0.25) is 19.4 Å². The standard InChI is InChI=1S/C20H15ClFN5O3/c21-13-3-1-2-4-14(13)24-18(29)12-9-15(28)25-17-16(12)19(30)27-20(26-17)23-11-7-5-10(22)6-8-11/h1-8,12H,9H2,(H,24,29)(H3,23,25,26,27,28,30). The summed E-state index contributed by atoms with van der Waals surface area (Å²) < 4.78 is 13.1. The lowest BCUT2D eigenvalue weighted by Gasteiger charge is -2.23. The Balaban J connectivity index is 1.64. The van der Waals surface area contributed by atoms with Gasteiger partial charge in [-0.05, 0) is 36.4 Å². The molecule has 3 aromatic rings. The molecule has 0 aliphatic carbocycles. The Labute approximate surface area is 174 Å². The number of nitrogens with zero attached hydrogens (tertiary/aromatic N) is 1. The van der Waals surface area contributed by atoms with Crippen LogP contribution in [0.2, 0.25) is 5.02 Å². The predicted molar refractivity (Wildman–Crippen MR) is 111 cm³/mol. The van der Waals surface area contributed by atoms with Gasteiger partial charge < -0.3 is 16.0 Å². The highest BCUT2D eigenvalue weighted by Crippen LogP contribution is 2.31. The normalized spacial score (nSPS) is 15.1. The van der Waals surface area contributed by atoms with Gasteiger partial charge in [0.2, 0.25) is 17.8 Å². The fourth-order valence-electron chi connectivity index (χ4n) is 3.11. The lowest BCUT2D eigenvalue weighted by molar-refractivity contribution is -0.123. The van der Waals surface area contributed by atoms with E-state index in [-0.39, 0.29) is 23.8 Å². The summed E-state index contributed by atoms with van der Waals surface area (Å²) in [7, 11) is 0. The van der Waals surface area contributed by atoms with Gasteiger partial charge in [0, 0.05) is 12.1 Å². The van der Waals surface area contributed by atoms with Crippen LogP contribution in [-0.4, -0.2) is 21.8 Å². The number of carbonyl (C=O) groups is 2. The SMILES string of the molecule is O=C1CC(C(=O)Nc2ccccc2Cl)c2c(nc(Nc3ccc(F)cc3)[nH]c2=O)N1. The number of anilines is 4. The molecule has 0 bridgehead atoms. The molecular formula is C20H15ClFN5O3. The van der Waals surface area contributed by atoms with Crippen molar-refractivity contribution in [2.24, 2.45) is 0 Å². The molecule has 152 valence electrons. The zero-order valence-electron chi connectivity index (χ0n) is 15.3. The minimum Gasteiger partial charge on any atom is -0.326 e. The minimum atomic E-state index is -1.04. The molecular weight excluding hydrogens is 413 g/mol. The molecule has 1 unspecified atom stereocenters. The number of H-pyrrole nitrogens is 1. The van der Waals surface area contributed by atoms with E-state index < -0.39 is 29.1 Å². The highest BCUT2D eigenvalue weighted by Gasteiger charge is 2.35. The van der Waals surface area contributed by atoms with Crippen LogP contribution < -0.4 is 21.5 Å². The van der Waals surface area contributed by atoms with Gasteiger partial charge in [0.25, 0.3) is 5.56 Å². The van der Waals surface area contributed by atoms with Gasteiger partial charge in [-0.25, -0.2) is 4.39 Å². The molecule has 0 spiro atoms. The molecule has 2 heterocycles. The fraction of sp³-hybridized carbons (Fsp3) is 0.100. The molecule has 1 atom stereocenters. The van der Waals surface area contributed by atoms with Crippen LogP contribution in [0.25, 0.3) is 0 Å². The molecule has 0 radical (unpaired) electrons. The Bertz CT molecular complexity index is 1200. The first-order valence-electron chi connectivity index (χ1n) is 8.93. The predicted octanol–water partition coefficient (Wildman–Crippen LogP) is 3.37. The van der Waals surface area contributed by atoms with E-state index in [1.54, 1.807) is 24.3 Å². The molecule has 0 saturated carbocycles. The van der Waals surface area contributed by atoms with Crippen LogP contribution in [0.5, 0.6) is 0 Å². The quantitative estimate of drug-likeness (QED) is 0.509. The summed E-state index contributed by atoms with van der Waals surface area (Å²) in [6.45, 7) is 0. The Morgan fingerprint density at radius 2 is 1.87 bits per heavy atom. The van der Waals surface area contributed by atoms with Gasteiger partial charge in [-0.15, -0.1) is 0 Å². The molecule has 2 aromatic carbocycles. The van der Waals surface area contributed by atoms with E-state index in [9.17, 15) is 18.8 Å². The molecule has 10 heteroatoms. The second kappa shape index (κ2) is 7.96. The minimum absolute atomic E-state index is 0.0149. The van der Waals surface area contributed by atoms with Crippen molar-refractivity contribution in [3.05, 3.63) is 75.3 Å². The number of nitrogens with one attached hydrogen (secondary N) is 4. The maximum Gasteiger partial charge on any atom is 0.258 e. The first kappa shape index (κ1) is 19.6. The van der Waals surface area contributed by atoms with Crippen molar-refractivity contribution in [2.75, 3.05) is 16.0 Å². The molecule has 0 fully saturated rings. The van der Waals surface area contributed by atoms with Gasteiger partial charge >= 0.3 is 0 Å². The van der Waals surface area contributed by atoms with Crippen LogP contribution in [0.1, 0.15) is 17.9 Å². The van der Waals surface area contributed by atoms with E-state index in [1.165, 1.54) is 24.3 Å². The smallest absolute Gasteiger partial charge is 0.258 e. The fourth-order valence-corrected chi connectivity index (χ4v) is 3.29. The van der Waals surface area contributed by atoms with Gasteiger partial charge in [0.1, 0.15) is 11.6 Å². The van der Waals surface area contributed by atoms with E-state index >= 15 is 0 Å². The molecule has 30 heavy (non-hydrogen) atoms. The van der Waals surface area contributed by atoms with Crippen LogP contribution in [0, 0.1) is 5.82 Å². The average molecular weight is 428 g/mol. The van der Waals surface area contributed by atoms with E-state index in [1.807, 2.05) is 0 Å². The van der Waals surface area contributed by atoms with Crippen molar-refractivity contribution in [1.29, 1.82) is 0 Å². The van der Waals surface area contributed by atoms with Crippen molar-refractivity contribution in [3.8, 4) is 0 Å². The van der Waals surface area contributed by atoms with Crippen molar-refractivity contribution < 1.29 is 14.0 Å². The van der Waals surface area contributed by atoms with Crippen LogP contribution in [0.4, 0.5) is 27.5 Å². The van der Waals surface area contributed by atoms with Crippen molar-refractivity contribution in [2.45, 2.75) is 12.3 Å². The summed E-state index contributed by atoms with van der Waals surface area (Å²) in [5.74, 6) is -2.43. The zero-order chi connectivity index (χ0) is 21.3. The zero-order valence-corrected chi connectivity index (χ0v) is 16.1. The van der Waals surface area contributed by atoms with Crippen LogP contribution in [0.15, 0.2) is 53.3 Å². The molecule has 2 amide bonds. The van der Waals surface area contributed by atoms with Crippen molar-refractivity contribution in [3.63, 3.8) is 0 Å². The topological polar surface area (TPSA) is 116 Å². The Morgan fingerprint density at radius 3 is 2.60 bits per heavy atom. The molecule has 8 nitrogen and oxygen atoms in total. The average Bonchev–Trinajstić information content (AvgIpc) is 2.70. The van der Waals surface area contributed by atoms with E-state index in [4.69, 9.17) is 11.6 Å². The van der Waals surface area contributed by atoms with Gasteiger partial charge in [-0.1, -0.05) is 23.7 Å². The molecule has 1 aromatic heterocycles. The number of amides is 2. The maximum atomic E-state index is 13.1. The van der Waals surface area contributed by atoms with Crippen LogP contribution >= 0.6 is 11.6 Å². The number of benzene rings is 2. The Morgan fingerprint density at radius 1 is 1.13 bits per heavy atom. The highest BCUT2D eigenvalue weighted by molar-refractivity contribution is 6.33. The number of fused-ring (bicyclic) bond motifs is 1. The third-order valence-corrected chi connectivity index (χ3v) is 4.84. The lowest BCUT2D eigenvalue weighted by atomic mass is 9.92. The molecule has 1 aliphatic rings.